The summed E-state index contributed by atoms with van der Waals surface area (Å²) in [7, 11) is 0. The van der Waals surface area contributed by atoms with E-state index in [0.29, 0.717) is 22.9 Å². The normalized spacial score (nSPS) is 11.3. The summed E-state index contributed by atoms with van der Waals surface area (Å²) >= 11 is 0. The van der Waals surface area contributed by atoms with E-state index in [4.69, 9.17) is 29.3 Å². The van der Waals surface area contributed by atoms with Crippen LogP contribution in [-0.4, -0.2) is 24.9 Å². The Morgan fingerprint density at radius 1 is 0.345 bits per heavy atom. The van der Waals surface area contributed by atoms with Gasteiger partial charge in [0.05, 0.1) is 16.8 Å². The molecule has 6 aromatic carbocycles. The Morgan fingerprint density at radius 3 is 1.33 bits per heavy atom. The highest BCUT2D eigenvalue weighted by Crippen LogP contribution is 2.37. The molecular weight excluding hydrogens is 675 g/mol. The summed E-state index contributed by atoms with van der Waals surface area (Å²) in [6.07, 6.45) is 1.85. The molecule has 0 saturated heterocycles. The monoisotopic (exact) mass is 705 g/mol. The van der Waals surface area contributed by atoms with Gasteiger partial charge in [0.2, 0.25) is 5.71 Å². The predicted molar refractivity (Wildman–Crippen MR) is 221 cm³/mol. The first-order valence-electron chi connectivity index (χ1n) is 18.2. The topological polar surface area (TPSA) is 77.6 Å². The minimum absolute atomic E-state index is 0.519. The summed E-state index contributed by atoms with van der Waals surface area (Å²) < 4.78 is 6.37. The van der Waals surface area contributed by atoms with Crippen molar-refractivity contribution in [2.75, 3.05) is 0 Å². The second-order valence-corrected chi connectivity index (χ2v) is 13.3. The van der Waals surface area contributed by atoms with Gasteiger partial charge in [0.25, 0.3) is 0 Å². The minimum Gasteiger partial charge on any atom is -0.434 e. The van der Waals surface area contributed by atoms with Crippen LogP contribution in [0, 0.1) is 0 Å². The number of furan rings is 1. The lowest BCUT2D eigenvalue weighted by Crippen LogP contribution is -1.96. The molecule has 0 spiro atoms. The van der Waals surface area contributed by atoms with Crippen LogP contribution in [0.25, 0.3) is 101 Å². The van der Waals surface area contributed by atoms with Crippen LogP contribution in [0.4, 0.5) is 0 Å². The lowest BCUT2D eigenvalue weighted by atomic mass is 10.0. The van der Waals surface area contributed by atoms with Crippen molar-refractivity contribution >= 4 is 22.2 Å². The molecule has 6 heteroatoms. The van der Waals surface area contributed by atoms with Gasteiger partial charge in [0.15, 0.2) is 17.2 Å². The van der Waals surface area contributed by atoms with Crippen LogP contribution in [0.2, 0.25) is 0 Å². The molecule has 4 aromatic heterocycles. The Kier molecular flexibility index (Phi) is 8.04. The van der Waals surface area contributed by atoms with Crippen molar-refractivity contribution in [2.45, 2.75) is 0 Å². The van der Waals surface area contributed by atoms with E-state index >= 15 is 0 Å². The third-order valence-electron chi connectivity index (χ3n) is 9.81. The second kappa shape index (κ2) is 13.8. The maximum Gasteiger partial charge on any atom is 0.229 e. The Bertz CT molecular complexity index is 2930. The number of hydrogen-bond acceptors (Lipinski definition) is 6. The largest absolute Gasteiger partial charge is 0.434 e. The van der Waals surface area contributed by atoms with E-state index in [1.165, 1.54) is 5.56 Å². The maximum atomic E-state index is 6.37. The molecule has 10 aromatic rings. The molecule has 258 valence electrons. The third kappa shape index (κ3) is 6.22. The lowest BCUT2D eigenvalue weighted by molar-refractivity contribution is 0.653. The van der Waals surface area contributed by atoms with Crippen LogP contribution >= 0.6 is 0 Å². The van der Waals surface area contributed by atoms with E-state index in [9.17, 15) is 0 Å². The van der Waals surface area contributed by atoms with Crippen molar-refractivity contribution in [3.05, 3.63) is 188 Å². The van der Waals surface area contributed by atoms with Gasteiger partial charge in [0, 0.05) is 39.6 Å². The molecule has 0 saturated carbocycles. The fraction of sp³-hybridized carbons (Fsp3) is 0. The van der Waals surface area contributed by atoms with Crippen molar-refractivity contribution in [3.63, 3.8) is 0 Å². The number of aromatic nitrogens is 5. The number of pyridine rings is 1. The molecular formula is C49H31N5O. The highest BCUT2D eigenvalue weighted by atomic mass is 16.3. The van der Waals surface area contributed by atoms with Gasteiger partial charge in [0.1, 0.15) is 11.2 Å². The average molecular weight is 706 g/mol. The highest BCUT2D eigenvalue weighted by molar-refractivity contribution is 6.07. The standard InChI is InChI=1S/C49H31N5O/c1-5-13-32(14-6-1)33-21-25-35(26-22-33)42-30-43(52-47(51-42)38-17-9-3-10-18-38)36-27-23-34(24-28-36)40-29-41-45-46(55-49(41)50-31-40)44(37-15-7-2-8-16-37)53-48(54-45)39-19-11-4-12-20-39/h1-31H. The number of benzene rings is 6. The van der Waals surface area contributed by atoms with Crippen molar-refractivity contribution < 1.29 is 4.42 Å². The molecule has 0 radical (unpaired) electrons. The first-order chi connectivity index (χ1) is 27.2. The van der Waals surface area contributed by atoms with Gasteiger partial charge in [-0.3, -0.25) is 0 Å². The molecule has 55 heavy (non-hydrogen) atoms. The zero-order chi connectivity index (χ0) is 36.6. The van der Waals surface area contributed by atoms with E-state index in [-0.39, 0.29) is 0 Å². The molecule has 4 heterocycles. The number of nitrogens with zero attached hydrogens (tertiary/aromatic N) is 5. The zero-order valence-electron chi connectivity index (χ0n) is 29.5. The Labute approximate surface area is 317 Å². The van der Waals surface area contributed by atoms with Gasteiger partial charge in [-0.2, -0.15) is 0 Å². The Morgan fingerprint density at radius 2 is 0.782 bits per heavy atom. The molecule has 10 rings (SSSR count). The molecule has 0 fully saturated rings. The van der Waals surface area contributed by atoms with Crippen LogP contribution in [0.1, 0.15) is 0 Å². The summed E-state index contributed by atoms with van der Waals surface area (Å²) in [6.45, 7) is 0. The van der Waals surface area contributed by atoms with Gasteiger partial charge in [-0.05, 0) is 28.8 Å². The van der Waals surface area contributed by atoms with Gasteiger partial charge in [-0.15, -0.1) is 0 Å². The minimum atomic E-state index is 0.519. The summed E-state index contributed by atoms with van der Waals surface area (Å²) in [5.74, 6) is 1.31. The van der Waals surface area contributed by atoms with Crippen molar-refractivity contribution in [3.8, 4) is 78.8 Å². The van der Waals surface area contributed by atoms with Crippen LogP contribution in [-0.2, 0) is 0 Å². The zero-order valence-corrected chi connectivity index (χ0v) is 29.5. The molecule has 0 aliphatic rings. The van der Waals surface area contributed by atoms with Crippen molar-refractivity contribution in [2.24, 2.45) is 0 Å². The number of hydrogen-bond donors (Lipinski definition) is 0. The van der Waals surface area contributed by atoms with E-state index in [2.05, 4.69) is 84.9 Å². The second-order valence-electron chi connectivity index (χ2n) is 13.3. The SMILES string of the molecule is c1ccc(-c2ccc(-c3cc(-c4ccc(-c5cnc6oc7c(-c8ccccc8)nc(-c8ccccc8)nc7c6c5)cc4)nc(-c4ccccc4)n3)cc2)cc1. The van der Waals surface area contributed by atoms with Crippen LogP contribution in [0.15, 0.2) is 193 Å². The molecule has 0 N–H and O–H groups in total. The van der Waals surface area contributed by atoms with Crippen molar-refractivity contribution in [1.29, 1.82) is 0 Å². The molecule has 0 amide bonds. The molecule has 6 nitrogen and oxygen atoms in total. The average Bonchev–Trinajstić information content (AvgIpc) is 3.65. The van der Waals surface area contributed by atoms with Gasteiger partial charge in [-0.25, -0.2) is 24.9 Å². The number of rotatable bonds is 7. The van der Waals surface area contributed by atoms with Crippen LogP contribution in [0.3, 0.4) is 0 Å². The first kappa shape index (κ1) is 32.1. The summed E-state index contributed by atoms with van der Waals surface area (Å²) in [4.78, 5) is 24.9. The smallest absolute Gasteiger partial charge is 0.229 e. The van der Waals surface area contributed by atoms with Crippen LogP contribution < -0.4 is 0 Å². The molecule has 0 aliphatic heterocycles. The van der Waals surface area contributed by atoms with E-state index < -0.39 is 0 Å². The van der Waals surface area contributed by atoms with Gasteiger partial charge in [-0.1, -0.05) is 170 Å². The van der Waals surface area contributed by atoms with Gasteiger partial charge < -0.3 is 4.42 Å². The van der Waals surface area contributed by atoms with Crippen molar-refractivity contribution in [1.82, 2.24) is 24.9 Å². The quantitative estimate of drug-likeness (QED) is 0.164. The molecule has 0 bridgehead atoms. The lowest BCUT2D eigenvalue weighted by Gasteiger charge is -2.11. The van der Waals surface area contributed by atoms with E-state index in [1.54, 1.807) is 0 Å². The Balaban J connectivity index is 1.04. The van der Waals surface area contributed by atoms with Gasteiger partial charge >= 0.3 is 0 Å². The Hall–Kier alpha value is -7.57. The molecule has 0 atom stereocenters. The number of fused-ring (bicyclic) bond motifs is 3. The van der Waals surface area contributed by atoms with E-state index in [1.807, 2.05) is 103 Å². The predicted octanol–water partition coefficient (Wildman–Crippen LogP) is 12.2. The fourth-order valence-electron chi connectivity index (χ4n) is 6.95. The molecule has 0 aliphatic carbocycles. The summed E-state index contributed by atoms with van der Waals surface area (Å²) in [6, 6.07) is 61.8. The van der Waals surface area contributed by atoms with E-state index in [0.717, 1.165) is 72.5 Å². The summed E-state index contributed by atoms with van der Waals surface area (Å²) in [5, 5.41) is 0.833. The highest BCUT2D eigenvalue weighted by Gasteiger charge is 2.20. The maximum absolute atomic E-state index is 6.37. The summed E-state index contributed by atoms with van der Waals surface area (Å²) in [5.41, 5.74) is 13.5. The fourth-order valence-corrected chi connectivity index (χ4v) is 6.95. The molecule has 0 unspecified atom stereocenters. The van der Waals surface area contributed by atoms with Crippen LogP contribution in [0.5, 0.6) is 0 Å². The third-order valence-corrected chi connectivity index (χ3v) is 9.81. The first-order valence-corrected chi connectivity index (χ1v) is 18.2.